The normalized spacial score (nSPS) is 13.3. The molecule has 0 aromatic heterocycles. The molecule has 8 nitrogen and oxygen atoms in total. The van der Waals surface area contributed by atoms with Gasteiger partial charge in [0, 0.05) is 57.0 Å². The van der Waals surface area contributed by atoms with Crippen LogP contribution in [0, 0.1) is 27.7 Å². The van der Waals surface area contributed by atoms with E-state index < -0.39 is 0 Å². The summed E-state index contributed by atoms with van der Waals surface area (Å²) < 4.78 is 22.4. The largest absolute Gasteiger partial charge is 0.497 e. The van der Waals surface area contributed by atoms with Gasteiger partial charge in [0.05, 0.1) is 51.2 Å². The van der Waals surface area contributed by atoms with E-state index in [9.17, 15) is 0 Å². The van der Waals surface area contributed by atoms with Crippen LogP contribution in [0.15, 0.2) is 338 Å². The lowest BCUT2D eigenvalue weighted by molar-refractivity contribution is 0.415. The van der Waals surface area contributed by atoms with Crippen molar-refractivity contribution in [2.45, 2.75) is 40.0 Å². The molecule has 0 heterocycles. The van der Waals surface area contributed by atoms with Crippen molar-refractivity contribution in [3.63, 3.8) is 0 Å². The molecule has 508 valence electrons. The van der Waals surface area contributed by atoms with Gasteiger partial charge in [0.2, 0.25) is 0 Å². The predicted octanol–water partition coefficient (Wildman–Crippen LogP) is 25.0. The minimum Gasteiger partial charge on any atom is -0.497 e. The fraction of sp³-hybridized carbons (Fsp3) is 0.104. The number of aryl methyl sites for hydroxylation is 4. The molecule has 16 rings (SSSR count). The van der Waals surface area contributed by atoms with Crippen molar-refractivity contribution in [2.24, 2.45) is 0 Å². The van der Waals surface area contributed by atoms with Crippen LogP contribution in [0.3, 0.4) is 0 Å². The number of hydrogen-bond donors (Lipinski definition) is 0. The zero-order valence-electron chi connectivity index (χ0n) is 59.8. The Balaban J connectivity index is 0.977. The number of hydrogen-bond acceptors (Lipinski definition) is 8. The molecule has 13 aromatic rings. The summed E-state index contributed by atoms with van der Waals surface area (Å²) in [6.45, 7) is 8.66. The van der Waals surface area contributed by atoms with Gasteiger partial charge in [0.25, 0.3) is 0 Å². The first-order chi connectivity index (χ1) is 51.0. The Morgan fingerprint density at radius 1 is 0.288 bits per heavy atom. The van der Waals surface area contributed by atoms with Crippen molar-refractivity contribution in [1.29, 1.82) is 0 Å². The average molecular weight is 1350 g/mol. The molecular formula is C96H80N4O4. The quantitative estimate of drug-likeness (QED) is 0.0748. The van der Waals surface area contributed by atoms with Gasteiger partial charge in [-0.15, -0.1) is 0 Å². The topological polar surface area (TPSA) is 49.9 Å². The lowest BCUT2D eigenvalue weighted by atomic mass is 9.68. The molecule has 3 aliphatic carbocycles. The first-order valence-corrected chi connectivity index (χ1v) is 35.5. The highest BCUT2D eigenvalue weighted by molar-refractivity contribution is 5.96. The van der Waals surface area contributed by atoms with Crippen molar-refractivity contribution in [1.82, 2.24) is 0 Å². The maximum Gasteiger partial charge on any atom is 0.118 e. The fourth-order valence-corrected chi connectivity index (χ4v) is 14.9. The average Bonchev–Trinajstić information content (AvgIpc) is 0.700. The van der Waals surface area contributed by atoms with Gasteiger partial charge in [-0.05, 0) is 259 Å². The molecule has 1 atom stereocenters. The zero-order chi connectivity index (χ0) is 71.0. The smallest absolute Gasteiger partial charge is 0.118 e. The minimum atomic E-state index is -0.292. The molecule has 13 aromatic carbocycles. The predicted molar refractivity (Wildman–Crippen MR) is 431 cm³/mol. The van der Waals surface area contributed by atoms with Crippen LogP contribution in [0.2, 0.25) is 0 Å². The summed E-state index contributed by atoms with van der Waals surface area (Å²) in [7, 11) is 6.85. The number of rotatable bonds is 20. The van der Waals surface area contributed by atoms with Crippen LogP contribution in [-0.2, 0) is 6.42 Å². The van der Waals surface area contributed by atoms with E-state index in [1.807, 2.05) is 48.5 Å². The molecule has 0 fully saturated rings. The summed E-state index contributed by atoms with van der Waals surface area (Å²) in [5.41, 5.74) is 32.2. The van der Waals surface area contributed by atoms with E-state index in [0.29, 0.717) is 6.42 Å². The number of nitrogens with zero attached hydrogens (tertiary/aromatic N) is 4. The third-order valence-electron chi connectivity index (χ3n) is 20.5. The lowest BCUT2D eigenvalue weighted by Crippen LogP contribution is -2.32. The molecule has 0 saturated heterocycles. The van der Waals surface area contributed by atoms with Crippen LogP contribution >= 0.6 is 0 Å². The molecule has 0 amide bonds. The van der Waals surface area contributed by atoms with E-state index in [1.165, 1.54) is 44.5 Å². The van der Waals surface area contributed by atoms with Crippen LogP contribution in [-0.4, -0.2) is 28.4 Å². The van der Waals surface area contributed by atoms with E-state index in [0.717, 1.165) is 141 Å². The second kappa shape index (κ2) is 28.3. The number of anilines is 10. The van der Waals surface area contributed by atoms with Gasteiger partial charge in [-0.2, -0.15) is 0 Å². The van der Waals surface area contributed by atoms with E-state index in [4.69, 9.17) is 18.9 Å². The zero-order valence-corrected chi connectivity index (χ0v) is 59.8. The molecule has 1 unspecified atom stereocenters. The summed E-state index contributed by atoms with van der Waals surface area (Å²) in [5, 5.41) is 0. The van der Waals surface area contributed by atoms with Gasteiger partial charge in [-0.1, -0.05) is 186 Å². The Bertz CT molecular complexity index is 5400. The Morgan fingerprint density at radius 2 is 0.558 bits per heavy atom. The van der Waals surface area contributed by atoms with E-state index in [-0.39, 0.29) is 5.92 Å². The highest BCUT2D eigenvalue weighted by Crippen LogP contribution is 2.59. The Morgan fingerprint density at radius 3 is 0.865 bits per heavy atom. The summed E-state index contributed by atoms with van der Waals surface area (Å²) in [6.07, 6.45) is 10.5. The third kappa shape index (κ3) is 12.8. The summed E-state index contributed by atoms with van der Waals surface area (Å²) in [5.74, 6) is 3.00. The summed E-state index contributed by atoms with van der Waals surface area (Å²) in [6, 6.07) is 108. The Labute approximate surface area is 610 Å². The van der Waals surface area contributed by atoms with Gasteiger partial charge in [0.15, 0.2) is 0 Å². The lowest BCUT2D eigenvalue weighted by Gasteiger charge is -2.45. The molecule has 3 aliphatic rings. The van der Waals surface area contributed by atoms with E-state index in [2.05, 4.69) is 320 Å². The molecular weight excluding hydrogens is 1270 g/mol. The standard InChI is InChI=1S/C96H80N4O4/c1-63-9-33-75(34-10-63)97(79-41-17-67(18-42-79)71-25-49-83(101-5)50-26-71)91-61-92(98(76-35-11-64(2)12-36-76)80-43-19-68(20-44-80)72-27-51-84(102-6)52-28-72)88-59-60-90-94(100(78-39-15-66(4)16-40-78)82-47-23-70(24-48-82)74-31-55-86(104-8)56-32-74)62-93(89-58-57-87(91)95(88)96(89)90)99(77-37-13-65(3)14-38-77)81-45-21-69(22-46-81)73-29-53-85(103-7)54-30-73/h9-59,61-62,95H,60H2,1-8H3. The first-order valence-electron chi connectivity index (χ1n) is 35.5. The van der Waals surface area contributed by atoms with Gasteiger partial charge in [0.1, 0.15) is 23.0 Å². The van der Waals surface area contributed by atoms with Gasteiger partial charge in [-0.25, -0.2) is 0 Å². The molecule has 0 saturated carbocycles. The molecule has 0 N–H and O–H groups in total. The van der Waals surface area contributed by atoms with Gasteiger partial charge in [-0.3, -0.25) is 0 Å². The SMILES string of the molecule is COc1ccc(-c2ccc(N(C3=CC(N(c4ccc(C)cc4)c4ccc(-c5ccc(OC)cc5)cc4)=C4C=Cc5c(N(c6ccc(C)cc6)c6ccc(-c7ccc(OC)cc7)cc6)cc(N(c6ccc(C)cc6)c6ccc(-c7ccc(OC)cc7)cc6)c6c5C4C3=CC6)c3ccc(C)cc3)cc2)cc1. The highest BCUT2D eigenvalue weighted by Gasteiger charge is 2.43. The monoisotopic (exact) mass is 1350 g/mol. The molecule has 8 heteroatoms. The van der Waals surface area contributed by atoms with Crippen molar-refractivity contribution in [2.75, 3.05) is 48.0 Å². The van der Waals surface area contributed by atoms with Crippen LogP contribution < -0.4 is 38.5 Å². The second-order valence-corrected chi connectivity index (χ2v) is 27.0. The van der Waals surface area contributed by atoms with Crippen molar-refractivity contribution < 1.29 is 18.9 Å². The van der Waals surface area contributed by atoms with Gasteiger partial charge >= 0.3 is 0 Å². The fourth-order valence-electron chi connectivity index (χ4n) is 14.9. The molecule has 0 aliphatic heterocycles. The minimum absolute atomic E-state index is 0.292. The van der Waals surface area contributed by atoms with Crippen LogP contribution in [0.1, 0.15) is 44.9 Å². The second-order valence-electron chi connectivity index (χ2n) is 27.0. The first kappa shape index (κ1) is 65.8. The van der Waals surface area contributed by atoms with Crippen molar-refractivity contribution >= 4 is 62.9 Å². The number of allylic oxidation sites excluding steroid dienone is 5. The molecule has 104 heavy (non-hydrogen) atoms. The van der Waals surface area contributed by atoms with Gasteiger partial charge < -0.3 is 38.5 Å². The van der Waals surface area contributed by atoms with Crippen LogP contribution in [0.4, 0.5) is 56.9 Å². The summed E-state index contributed by atoms with van der Waals surface area (Å²) in [4.78, 5) is 9.98. The Kier molecular flexibility index (Phi) is 17.9. The molecule has 0 bridgehead atoms. The van der Waals surface area contributed by atoms with E-state index >= 15 is 0 Å². The highest BCUT2D eigenvalue weighted by atomic mass is 16.5. The number of ether oxygens (including phenoxy) is 4. The van der Waals surface area contributed by atoms with Crippen LogP contribution in [0.25, 0.3) is 50.6 Å². The van der Waals surface area contributed by atoms with Crippen molar-refractivity contribution in [3.8, 4) is 67.5 Å². The van der Waals surface area contributed by atoms with E-state index in [1.54, 1.807) is 28.4 Å². The Hall–Kier alpha value is -12.8. The third-order valence-corrected chi connectivity index (χ3v) is 20.5. The number of methoxy groups -OCH3 is 4. The van der Waals surface area contributed by atoms with Crippen molar-refractivity contribution in [3.05, 3.63) is 377 Å². The molecule has 0 spiro atoms. The number of benzene rings is 13. The molecule has 0 radical (unpaired) electrons. The maximum absolute atomic E-state index is 5.61. The van der Waals surface area contributed by atoms with Crippen LogP contribution in [0.5, 0.6) is 23.0 Å². The summed E-state index contributed by atoms with van der Waals surface area (Å²) >= 11 is 0. The maximum atomic E-state index is 5.61.